The van der Waals surface area contributed by atoms with Crippen LogP contribution in [0.1, 0.15) is 32.7 Å². The molecule has 1 saturated heterocycles. The van der Waals surface area contributed by atoms with Crippen LogP contribution >= 0.6 is 11.6 Å². The van der Waals surface area contributed by atoms with Gasteiger partial charge in [-0.3, -0.25) is 13.9 Å². The van der Waals surface area contributed by atoms with Gasteiger partial charge in [-0.25, -0.2) is 9.59 Å². The smallest absolute Gasteiger partial charge is 0.335 e. The van der Waals surface area contributed by atoms with Gasteiger partial charge in [-0.15, -0.1) is 0 Å². The summed E-state index contributed by atoms with van der Waals surface area (Å²) in [4.78, 5) is 39.1. The predicted molar refractivity (Wildman–Crippen MR) is 126 cm³/mol. The van der Waals surface area contributed by atoms with Gasteiger partial charge in [-0.1, -0.05) is 23.7 Å². The number of nitrogens with zero attached hydrogens (tertiary/aromatic N) is 3. The zero-order valence-electron chi connectivity index (χ0n) is 17.6. The van der Waals surface area contributed by atoms with Crippen LogP contribution in [0.15, 0.2) is 71.5 Å². The number of carbonyl (C=O) groups excluding carboxylic acids is 1. The van der Waals surface area contributed by atoms with Crippen LogP contribution < -0.4 is 5.69 Å². The summed E-state index contributed by atoms with van der Waals surface area (Å²) in [5, 5.41) is 9.78. The van der Waals surface area contributed by atoms with Gasteiger partial charge in [-0.05, 0) is 66.6 Å². The van der Waals surface area contributed by atoms with Gasteiger partial charge in [0.1, 0.15) is 0 Å². The Balaban J connectivity index is 1.58. The van der Waals surface area contributed by atoms with Crippen LogP contribution in [0.2, 0.25) is 5.02 Å². The van der Waals surface area contributed by atoms with Gasteiger partial charge in [0, 0.05) is 23.7 Å². The first-order chi connectivity index (χ1) is 15.9. The van der Waals surface area contributed by atoms with E-state index in [4.69, 9.17) is 11.6 Å². The average Bonchev–Trinajstić information content (AvgIpc) is 3.03. The van der Waals surface area contributed by atoms with E-state index in [2.05, 4.69) is 0 Å². The highest BCUT2D eigenvalue weighted by Gasteiger charge is 2.22. The number of carboxylic acid groups (broad SMARTS) is 1. The minimum atomic E-state index is -1.02. The van der Waals surface area contributed by atoms with E-state index in [0.717, 1.165) is 19.5 Å². The lowest BCUT2D eigenvalue weighted by molar-refractivity contribution is 0.0650. The van der Waals surface area contributed by atoms with Crippen LogP contribution in [0.5, 0.6) is 0 Å². The first-order valence-electron chi connectivity index (χ1n) is 10.5. The number of hydrogen-bond donors (Lipinski definition) is 1. The molecular weight excluding hydrogens is 442 g/mol. The summed E-state index contributed by atoms with van der Waals surface area (Å²) in [6, 6.07) is 18.7. The number of carbonyl (C=O) groups is 2. The molecule has 1 fully saturated rings. The minimum Gasteiger partial charge on any atom is -0.478 e. The number of rotatable bonds is 5. The van der Waals surface area contributed by atoms with Crippen molar-refractivity contribution in [2.75, 3.05) is 13.1 Å². The number of imidazole rings is 1. The van der Waals surface area contributed by atoms with Crippen LogP contribution in [0.3, 0.4) is 0 Å². The van der Waals surface area contributed by atoms with E-state index in [1.54, 1.807) is 74.7 Å². The molecule has 0 unspecified atom stereocenters. The third-order valence-electron chi connectivity index (χ3n) is 5.92. The van der Waals surface area contributed by atoms with Crippen LogP contribution in [0, 0.1) is 0 Å². The van der Waals surface area contributed by atoms with E-state index in [9.17, 15) is 19.5 Å². The second kappa shape index (κ2) is 8.26. The van der Waals surface area contributed by atoms with Gasteiger partial charge in [0.2, 0.25) is 0 Å². The van der Waals surface area contributed by atoms with Crippen molar-refractivity contribution in [1.82, 2.24) is 14.0 Å². The topological polar surface area (TPSA) is 84.5 Å². The van der Waals surface area contributed by atoms with Gasteiger partial charge in [0.05, 0.1) is 28.8 Å². The number of aromatic carboxylic acids is 1. The molecule has 2 heterocycles. The van der Waals surface area contributed by atoms with Crippen LogP contribution in [-0.4, -0.2) is 44.1 Å². The summed E-state index contributed by atoms with van der Waals surface area (Å²) < 4.78 is 3.14. The molecule has 3 aromatic carbocycles. The van der Waals surface area contributed by atoms with Gasteiger partial charge in [0.25, 0.3) is 5.91 Å². The van der Waals surface area contributed by atoms with E-state index < -0.39 is 5.97 Å². The maximum absolute atomic E-state index is 13.5. The summed E-state index contributed by atoms with van der Waals surface area (Å²) in [5.74, 6) is -1.03. The van der Waals surface area contributed by atoms with Crippen molar-refractivity contribution in [2.45, 2.75) is 13.0 Å². The molecule has 0 saturated carbocycles. The van der Waals surface area contributed by atoms with Crippen LogP contribution in [0.4, 0.5) is 0 Å². The monoisotopic (exact) mass is 461 g/mol. The van der Waals surface area contributed by atoms with Crippen molar-refractivity contribution < 1.29 is 14.7 Å². The third kappa shape index (κ3) is 3.81. The number of benzene rings is 3. The molecule has 1 amide bonds. The van der Waals surface area contributed by atoms with Crippen molar-refractivity contribution in [3.8, 4) is 5.69 Å². The molecule has 7 nitrogen and oxygen atoms in total. The molecule has 4 aromatic rings. The summed E-state index contributed by atoms with van der Waals surface area (Å²) >= 11 is 6.24. The van der Waals surface area contributed by atoms with Gasteiger partial charge < -0.3 is 10.0 Å². The van der Waals surface area contributed by atoms with E-state index in [1.165, 1.54) is 6.07 Å². The molecule has 1 N–H and O–H groups in total. The Morgan fingerprint density at radius 3 is 2.33 bits per heavy atom. The number of halogens is 1. The summed E-state index contributed by atoms with van der Waals surface area (Å²) in [7, 11) is 0. The lowest BCUT2D eigenvalue weighted by Gasteiger charge is -2.30. The maximum Gasteiger partial charge on any atom is 0.335 e. The Morgan fingerprint density at radius 1 is 0.909 bits per heavy atom. The van der Waals surface area contributed by atoms with E-state index >= 15 is 0 Å². The number of likely N-dealkylation sites (tertiary alicyclic amines) is 1. The van der Waals surface area contributed by atoms with E-state index in [1.807, 2.05) is 0 Å². The van der Waals surface area contributed by atoms with E-state index in [-0.39, 0.29) is 23.7 Å². The molecule has 1 aromatic heterocycles. The standard InChI is InChI=1S/C25H20ClN3O4/c26-19-7-10-21-22(14-19)29(20-8-5-17(6-9-20)23(30)27-11-2-12-27)25(33)28(21)15-16-3-1-4-18(13-16)24(31)32/h1,3-10,13-14H,2,11-12,15H2,(H,31,32). The van der Waals surface area contributed by atoms with Crippen molar-refractivity contribution in [3.05, 3.63) is 98.9 Å². The van der Waals surface area contributed by atoms with Gasteiger partial charge in [-0.2, -0.15) is 0 Å². The van der Waals surface area contributed by atoms with Crippen molar-refractivity contribution in [3.63, 3.8) is 0 Å². The molecule has 1 aliphatic heterocycles. The van der Waals surface area contributed by atoms with Crippen molar-refractivity contribution in [1.29, 1.82) is 0 Å². The zero-order chi connectivity index (χ0) is 23.1. The van der Waals surface area contributed by atoms with Crippen molar-refractivity contribution >= 4 is 34.5 Å². The molecule has 0 spiro atoms. The predicted octanol–water partition coefficient (Wildman–Crippen LogP) is 4.04. The molecule has 166 valence electrons. The second-order valence-corrected chi connectivity index (χ2v) is 8.47. The number of amides is 1. The first-order valence-corrected chi connectivity index (χ1v) is 10.9. The first kappa shape index (κ1) is 21.0. The minimum absolute atomic E-state index is 0.0102. The van der Waals surface area contributed by atoms with Gasteiger partial charge in [0.15, 0.2) is 0 Å². The lowest BCUT2D eigenvalue weighted by atomic mass is 10.1. The summed E-state index contributed by atoms with van der Waals surface area (Å²) in [6.07, 6.45) is 1.02. The maximum atomic E-state index is 13.5. The Kier molecular flexibility index (Phi) is 5.26. The number of hydrogen-bond acceptors (Lipinski definition) is 3. The summed E-state index contributed by atoms with van der Waals surface area (Å²) in [6.45, 7) is 1.75. The largest absolute Gasteiger partial charge is 0.478 e. The highest BCUT2D eigenvalue weighted by Crippen LogP contribution is 2.23. The normalized spacial score (nSPS) is 13.2. The molecule has 0 aliphatic carbocycles. The fourth-order valence-electron chi connectivity index (χ4n) is 4.07. The Labute approximate surface area is 194 Å². The summed E-state index contributed by atoms with van der Waals surface area (Å²) in [5.41, 5.74) is 3.07. The van der Waals surface area contributed by atoms with E-state index in [0.29, 0.717) is 32.9 Å². The SMILES string of the molecule is O=C(O)c1cccc(Cn2c(=O)n(-c3ccc(C(=O)N4CCC4)cc3)c3cc(Cl)ccc32)c1. The van der Waals surface area contributed by atoms with Crippen LogP contribution in [0.25, 0.3) is 16.7 Å². The molecule has 33 heavy (non-hydrogen) atoms. The molecular formula is C25H20ClN3O4. The number of fused-ring (bicyclic) bond motifs is 1. The molecule has 8 heteroatoms. The molecule has 1 aliphatic rings. The molecule has 0 atom stereocenters. The lowest BCUT2D eigenvalue weighted by Crippen LogP contribution is -2.42. The fourth-order valence-corrected chi connectivity index (χ4v) is 4.24. The second-order valence-electron chi connectivity index (χ2n) is 8.04. The van der Waals surface area contributed by atoms with Crippen molar-refractivity contribution in [2.24, 2.45) is 0 Å². The Bertz CT molecular complexity index is 1450. The Hall–Kier alpha value is -3.84. The third-order valence-corrected chi connectivity index (χ3v) is 6.16. The highest BCUT2D eigenvalue weighted by atomic mass is 35.5. The zero-order valence-corrected chi connectivity index (χ0v) is 18.3. The molecule has 5 rings (SSSR count). The molecule has 0 bridgehead atoms. The number of carboxylic acids is 1. The Morgan fingerprint density at radius 2 is 1.67 bits per heavy atom. The fraction of sp³-hybridized carbons (Fsp3) is 0.160. The quantitative estimate of drug-likeness (QED) is 0.486. The van der Waals surface area contributed by atoms with Crippen LogP contribution in [-0.2, 0) is 6.54 Å². The average molecular weight is 462 g/mol. The van der Waals surface area contributed by atoms with Gasteiger partial charge >= 0.3 is 11.7 Å². The number of aromatic nitrogens is 2. The molecule has 0 radical (unpaired) electrons. The highest BCUT2D eigenvalue weighted by molar-refractivity contribution is 6.31.